The van der Waals surface area contributed by atoms with E-state index in [1.807, 2.05) is 0 Å². The number of rotatable bonds is 3. The van der Waals surface area contributed by atoms with Crippen LogP contribution in [0.25, 0.3) is 11.3 Å². The second-order valence-corrected chi connectivity index (χ2v) is 5.33. The molecule has 3 nitrogen and oxygen atoms in total. The summed E-state index contributed by atoms with van der Waals surface area (Å²) in [4.78, 5) is 8.21. The van der Waals surface area contributed by atoms with Crippen LogP contribution in [0.2, 0.25) is 0 Å². The second-order valence-electron chi connectivity index (χ2n) is 5.33. The maximum atomic E-state index is 12.8. The zero-order chi connectivity index (χ0) is 15.0. The smallest absolute Gasteiger partial charge is 0.368 e. The summed E-state index contributed by atoms with van der Waals surface area (Å²) in [5, 5.41) is 0. The molecular formula is C15H14F3N3. The molecule has 0 aliphatic heterocycles. The number of aromatic nitrogens is 2. The molecule has 1 fully saturated rings. The molecule has 6 heteroatoms. The topological polar surface area (TPSA) is 51.8 Å². The summed E-state index contributed by atoms with van der Waals surface area (Å²) in [6, 6.07) is 6.82. The Bertz CT molecular complexity index is 663. The van der Waals surface area contributed by atoms with Crippen molar-refractivity contribution in [2.45, 2.75) is 25.4 Å². The van der Waals surface area contributed by atoms with Crippen LogP contribution in [0.15, 0.2) is 30.3 Å². The van der Waals surface area contributed by atoms with E-state index in [0.29, 0.717) is 17.2 Å². The van der Waals surface area contributed by atoms with Gasteiger partial charge in [0, 0.05) is 11.3 Å². The number of nitrogen functional groups attached to an aromatic ring is 1. The van der Waals surface area contributed by atoms with Gasteiger partial charge in [-0.2, -0.15) is 13.2 Å². The normalized spacial score (nSPS) is 15.2. The molecule has 21 heavy (non-hydrogen) atoms. The summed E-state index contributed by atoms with van der Waals surface area (Å²) in [7, 11) is 0. The summed E-state index contributed by atoms with van der Waals surface area (Å²) < 4.78 is 38.3. The first-order chi connectivity index (χ1) is 9.91. The van der Waals surface area contributed by atoms with Gasteiger partial charge in [-0.1, -0.05) is 12.1 Å². The van der Waals surface area contributed by atoms with E-state index in [0.717, 1.165) is 24.2 Å². The fourth-order valence-corrected chi connectivity index (χ4v) is 2.24. The molecular weight excluding hydrogens is 279 g/mol. The van der Waals surface area contributed by atoms with Crippen LogP contribution in [-0.2, 0) is 12.6 Å². The summed E-state index contributed by atoms with van der Waals surface area (Å²) >= 11 is 0. The molecule has 0 radical (unpaired) electrons. The molecule has 2 N–H and O–H groups in total. The fourth-order valence-electron chi connectivity index (χ4n) is 2.24. The molecule has 0 bridgehead atoms. The minimum atomic E-state index is -4.37. The molecule has 1 aromatic heterocycles. The SMILES string of the molecule is Nc1nc(CC2CC2)cc(-c2cccc(C(F)(F)F)c2)n1. The quantitative estimate of drug-likeness (QED) is 0.938. The number of hydrogen-bond donors (Lipinski definition) is 1. The van der Waals surface area contributed by atoms with E-state index in [2.05, 4.69) is 9.97 Å². The van der Waals surface area contributed by atoms with E-state index in [-0.39, 0.29) is 5.95 Å². The first kappa shape index (κ1) is 13.9. The monoisotopic (exact) mass is 293 g/mol. The van der Waals surface area contributed by atoms with Crippen LogP contribution in [0.1, 0.15) is 24.1 Å². The molecule has 1 aromatic carbocycles. The number of halogens is 3. The molecule has 0 atom stereocenters. The molecule has 1 aliphatic rings. The first-order valence-corrected chi connectivity index (χ1v) is 6.73. The highest BCUT2D eigenvalue weighted by atomic mass is 19.4. The third-order valence-electron chi connectivity index (χ3n) is 3.48. The maximum absolute atomic E-state index is 12.8. The Morgan fingerprint density at radius 1 is 1.14 bits per heavy atom. The molecule has 0 saturated heterocycles. The van der Waals surface area contributed by atoms with Crippen molar-refractivity contribution in [3.63, 3.8) is 0 Å². The van der Waals surface area contributed by atoms with Crippen molar-refractivity contribution in [2.75, 3.05) is 5.73 Å². The number of nitrogens with two attached hydrogens (primary N) is 1. The van der Waals surface area contributed by atoms with Crippen LogP contribution in [0, 0.1) is 5.92 Å². The number of benzene rings is 1. The Labute approximate surface area is 120 Å². The van der Waals surface area contributed by atoms with Gasteiger partial charge in [-0.15, -0.1) is 0 Å². The Morgan fingerprint density at radius 2 is 1.90 bits per heavy atom. The molecule has 0 amide bonds. The second kappa shape index (κ2) is 5.02. The van der Waals surface area contributed by atoms with E-state index >= 15 is 0 Å². The highest BCUT2D eigenvalue weighted by Crippen LogP contribution is 2.34. The standard InChI is InChI=1S/C15H14F3N3/c16-15(17,18)11-3-1-2-10(7-11)13-8-12(6-9-4-5-9)20-14(19)21-13/h1-3,7-9H,4-6H2,(H2,19,20,21). The van der Waals surface area contributed by atoms with E-state index in [4.69, 9.17) is 5.73 Å². The lowest BCUT2D eigenvalue weighted by Crippen LogP contribution is -2.05. The number of hydrogen-bond acceptors (Lipinski definition) is 3. The summed E-state index contributed by atoms with van der Waals surface area (Å²) in [6.45, 7) is 0. The Kier molecular flexibility index (Phi) is 3.31. The van der Waals surface area contributed by atoms with E-state index < -0.39 is 11.7 Å². The van der Waals surface area contributed by atoms with Gasteiger partial charge in [0.25, 0.3) is 0 Å². The highest BCUT2D eigenvalue weighted by Gasteiger charge is 2.30. The molecule has 1 heterocycles. The van der Waals surface area contributed by atoms with Gasteiger partial charge in [0.1, 0.15) is 0 Å². The number of alkyl halides is 3. The van der Waals surface area contributed by atoms with E-state index in [1.165, 1.54) is 18.9 Å². The van der Waals surface area contributed by atoms with Crippen molar-refractivity contribution in [3.05, 3.63) is 41.6 Å². The Morgan fingerprint density at radius 3 is 2.57 bits per heavy atom. The summed E-state index contributed by atoms with van der Waals surface area (Å²) in [5.41, 5.74) is 6.60. The molecule has 3 rings (SSSR count). The van der Waals surface area contributed by atoms with Gasteiger partial charge >= 0.3 is 6.18 Å². The lowest BCUT2D eigenvalue weighted by atomic mass is 10.1. The highest BCUT2D eigenvalue weighted by molar-refractivity contribution is 5.61. The molecule has 0 unspecified atom stereocenters. The van der Waals surface area contributed by atoms with Crippen LogP contribution in [-0.4, -0.2) is 9.97 Å². The summed E-state index contributed by atoms with van der Waals surface area (Å²) in [6.07, 6.45) is -1.23. The Hall–Kier alpha value is -2.11. The van der Waals surface area contributed by atoms with Crippen molar-refractivity contribution in [1.29, 1.82) is 0 Å². The number of nitrogens with zero attached hydrogens (tertiary/aromatic N) is 2. The third-order valence-corrected chi connectivity index (χ3v) is 3.48. The predicted octanol–water partition coefficient (Wildman–Crippen LogP) is 3.70. The zero-order valence-electron chi connectivity index (χ0n) is 11.2. The van der Waals surface area contributed by atoms with Gasteiger partial charge in [0.2, 0.25) is 5.95 Å². The van der Waals surface area contributed by atoms with Gasteiger partial charge in [0.15, 0.2) is 0 Å². The van der Waals surface area contributed by atoms with E-state index in [1.54, 1.807) is 12.1 Å². The van der Waals surface area contributed by atoms with Crippen molar-refractivity contribution >= 4 is 5.95 Å². The average Bonchev–Trinajstić information content (AvgIpc) is 3.21. The fraction of sp³-hybridized carbons (Fsp3) is 0.333. The minimum Gasteiger partial charge on any atom is -0.368 e. The van der Waals surface area contributed by atoms with Crippen LogP contribution in [0.4, 0.5) is 19.1 Å². The van der Waals surface area contributed by atoms with Crippen LogP contribution < -0.4 is 5.73 Å². The lowest BCUT2D eigenvalue weighted by Gasteiger charge is -2.09. The molecule has 1 aliphatic carbocycles. The average molecular weight is 293 g/mol. The van der Waals surface area contributed by atoms with Gasteiger partial charge in [0.05, 0.1) is 11.3 Å². The largest absolute Gasteiger partial charge is 0.416 e. The molecule has 1 saturated carbocycles. The third kappa shape index (κ3) is 3.32. The van der Waals surface area contributed by atoms with Crippen molar-refractivity contribution in [3.8, 4) is 11.3 Å². The lowest BCUT2D eigenvalue weighted by molar-refractivity contribution is -0.137. The number of anilines is 1. The van der Waals surface area contributed by atoms with Gasteiger partial charge in [-0.25, -0.2) is 9.97 Å². The summed E-state index contributed by atoms with van der Waals surface area (Å²) in [5.74, 6) is 0.717. The van der Waals surface area contributed by atoms with Crippen molar-refractivity contribution < 1.29 is 13.2 Å². The molecule has 110 valence electrons. The molecule has 0 spiro atoms. The Balaban J connectivity index is 1.97. The zero-order valence-corrected chi connectivity index (χ0v) is 11.2. The van der Waals surface area contributed by atoms with Gasteiger partial charge in [-0.3, -0.25) is 0 Å². The molecule has 2 aromatic rings. The van der Waals surface area contributed by atoms with Crippen LogP contribution in [0.3, 0.4) is 0 Å². The maximum Gasteiger partial charge on any atom is 0.416 e. The van der Waals surface area contributed by atoms with Crippen LogP contribution in [0.5, 0.6) is 0 Å². The predicted molar refractivity (Wildman–Crippen MR) is 73.3 cm³/mol. The van der Waals surface area contributed by atoms with E-state index in [9.17, 15) is 13.2 Å². The van der Waals surface area contributed by atoms with Gasteiger partial charge in [-0.05, 0) is 43.4 Å². The van der Waals surface area contributed by atoms with Gasteiger partial charge < -0.3 is 5.73 Å². The van der Waals surface area contributed by atoms with Crippen molar-refractivity contribution in [2.24, 2.45) is 5.92 Å². The van der Waals surface area contributed by atoms with Crippen molar-refractivity contribution in [1.82, 2.24) is 9.97 Å². The first-order valence-electron chi connectivity index (χ1n) is 6.73. The minimum absolute atomic E-state index is 0.0977. The van der Waals surface area contributed by atoms with Crippen LogP contribution >= 0.6 is 0 Å².